The minimum atomic E-state index is 0.456. The lowest BCUT2D eigenvalue weighted by Gasteiger charge is -2.12. The number of benzene rings is 2. The molecule has 0 radical (unpaired) electrons. The third kappa shape index (κ3) is 3.03. The molecule has 0 fully saturated rings. The highest BCUT2D eigenvalue weighted by molar-refractivity contribution is 5.65. The van der Waals surface area contributed by atoms with Gasteiger partial charge in [-0.3, -0.25) is 5.10 Å². The van der Waals surface area contributed by atoms with Gasteiger partial charge in [-0.15, -0.1) is 0 Å². The second-order valence-corrected chi connectivity index (χ2v) is 4.85. The molecule has 0 saturated carbocycles. The fourth-order valence-electron chi connectivity index (χ4n) is 2.18. The van der Waals surface area contributed by atoms with Crippen LogP contribution >= 0.6 is 0 Å². The predicted molar refractivity (Wildman–Crippen MR) is 85.8 cm³/mol. The number of aromatic amines is 1. The number of nitrogen functional groups attached to an aromatic ring is 1. The second kappa shape index (κ2) is 6.22. The van der Waals surface area contributed by atoms with E-state index in [0.29, 0.717) is 23.9 Å². The summed E-state index contributed by atoms with van der Waals surface area (Å²) in [5, 5.41) is 6.83. The summed E-state index contributed by atoms with van der Waals surface area (Å²) in [5.41, 5.74) is 8.52. The average Bonchev–Trinajstić information content (AvgIpc) is 3.00. The fraction of sp³-hybridized carbons (Fsp3) is 0.118. The fourth-order valence-corrected chi connectivity index (χ4v) is 2.18. The molecule has 3 aromatic rings. The van der Waals surface area contributed by atoms with E-state index in [2.05, 4.69) is 10.2 Å². The molecule has 0 amide bonds. The minimum Gasteiger partial charge on any atom is -0.493 e. The lowest BCUT2D eigenvalue weighted by molar-refractivity contribution is 0.284. The molecule has 3 rings (SSSR count). The first-order chi connectivity index (χ1) is 10.8. The summed E-state index contributed by atoms with van der Waals surface area (Å²) in [6.07, 6.45) is 0. The predicted octanol–water partition coefficient (Wildman–Crippen LogP) is 3.25. The summed E-state index contributed by atoms with van der Waals surface area (Å²) < 4.78 is 11.2. The van der Waals surface area contributed by atoms with E-state index >= 15 is 0 Å². The molecule has 112 valence electrons. The van der Waals surface area contributed by atoms with E-state index in [9.17, 15) is 0 Å². The van der Waals surface area contributed by atoms with E-state index < -0.39 is 0 Å². The van der Waals surface area contributed by atoms with Crippen LogP contribution in [0.4, 0.5) is 5.82 Å². The molecule has 5 nitrogen and oxygen atoms in total. The van der Waals surface area contributed by atoms with Crippen LogP contribution in [0.5, 0.6) is 11.5 Å². The van der Waals surface area contributed by atoms with Crippen molar-refractivity contribution in [2.24, 2.45) is 0 Å². The SMILES string of the molecule is COc1ccc(-c2cc(N)n[nH]2)cc1OCc1ccccc1. The quantitative estimate of drug-likeness (QED) is 0.758. The highest BCUT2D eigenvalue weighted by Gasteiger charge is 2.09. The van der Waals surface area contributed by atoms with Crippen molar-refractivity contribution in [3.63, 3.8) is 0 Å². The van der Waals surface area contributed by atoms with Crippen LogP contribution in [0.15, 0.2) is 54.6 Å². The maximum Gasteiger partial charge on any atom is 0.162 e. The first-order valence-electron chi connectivity index (χ1n) is 6.92. The number of anilines is 1. The molecule has 1 heterocycles. The summed E-state index contributed by atoms with van der Waals surface area (Å²) in [4.78, 5) is 0. The van der Waals surface area contributed by atoms with Crippen molar-refractivity contribution in [1.82, 2.24) is 10.2 Å². The second-order valence-electron chi connectivity index (χ2n) is 4.85. The maximum absolute atomic E-state index is 5.89. The number of H-pyrrole nitrogens is 1. The van der Waals surface area contributed by atoms with Crippen LogP contribution in [0.1, 0.15) is 5.56 Å². The molecule has 1 aromatic heterocycles. The molecule has 0 aliphatic carbocycles. The van der Waals surface area contributed by atoms with Crippen LogP contribution < -0.4 is 15.2 Å². The summed E-state index contributed by atoms with van der Waals surface area (Å²) in [7, 11) is 1.62. The van der Waals surface area contributed by atoms with Gasteiger partial charge in [0.1, 0.15) is 12.4 Å². The molecule has 22 heavy (non-hydrogen) atoms. The number of nitrogens with zero attached hydrogens (tertiary/aromatic N) is 1. The van der Waals surface area contributed by atoms with E-state index in [1.165, 1.54) is 0 Å². The molecule has 0 bridgehead atoms. The number of hydrogen-bond acceptors (Lipinski definition) is 4. The Bertz CT molecular complexity index is 754. The first kappa shape index (κ1) is 14.0. The van der Waals surface area contributed by atoms with Crippen molar-refractivity contribution < 1.29 is 9.47 Å². The van der Waals surface area contributed by atoms with Gasteiger partial charge in [0.05, 0.1) is 12.8 Å². The van der Waals surface area contributed by atoms with Crippen LogP contribution in [-0.4, -0.2) is 17.3 Å². The van der Waals surface area contributed by atoms with Crippen molar-refractivity contribution in [3.8, 4) is 22.8 Å². The topological polar surface area (TPSA) is 73.2 Å². The molecule has 2 aromatic carbocycles. The Morgan fingerprint density at radius 2 is 1.86 bits per heavy atom. The van der Waals surface area contributed by atoms with Gasteiger partial charge in [-0.25, -0.2) is 0 Å². The van der Waals surface area contributed by atoms with Gasteiger partial charge in [0.25, 0.3) is 0 Å². The van der Waals surface area contributed by atoms with Gasteiger partial charge in [0.15, 0.2) is 11.5 Å². The zero-order valence-electron chi connectivity index (χ0n) is 12.2. The number of ether oxygens (including phenoxy) is 2. The standard InChI is InChI=1S/C17H17N3O2/c1-21-15-8-7-13(14-10-17(18)20-19-14)9-16(15)22-11-12-5-3-2-4-6-12/h2-10H,11H2,1H3,(H3,18,19,20). The molecule has 5 heteroatoms. The molecule has 0 saturated heterocycles. The molecule has 0 atom stereocenters. The van der Waals surface area contributed by atoms with Gasteiger partial charge < -0.3 is 15.2 Å². The molecular weight excluding hydrogens is 278 g/mol. The smallest absolute Gasteiger partial charge is 0.162 e. The van der Waals surface area contributed by atoms with Crippen molar-refractivity contribution in [1.29, 1.82) is 0 Å². The third-order valence-corrected chi connectivity index (χ3v) is 3.31. The molecule has 3 N–H and O–H groups in total. The third-order valence-electron chi connectivity index (χ3n) is 3.31. The number of rotatable bonds is 5. The molecular formula is C17H17N3O2. The van der Waals surface area contributed by atoms with Crippen LogP contribution in [0.3, 0.4) is 0 Å². The van der Waals surface area contributed by atoms with Crippen molar-refractivity contribution in [2.75, 3.05) is 12.8 Å². The van der Waals surface area contributed by atoms with Crippen LogP contribution in [-0.2, 0) is 6.61 Å². The summed E-state index contributed by atoms with van der Waals surface area (Å²) in [6.45, 7) is 0.478. The normalized spacial score (nSPS) is 10.4. The van der Waals surface area contributed by atoms with Crippen molar-refractivity contribution in [3.05, 3.63) is 60.2 Å². The summed E-state index contributed by atoms with van der Waals surface area (Å²) in [6, 6.07) is 17.5. The number of aromatic nitrogens is 2. The summed E-state index contributed by atoms with van der Waals surface area (Å²) in [5.74, 6) is 1.82. The van der Waals surface area contributed by atoms with Crippen molar-refractivity contribution >= 4 is 5.82 Å². The monoisotopic (exact) mass is 295 g/mol. The molecule has 0 spiro atoms. The lowest BCUT2D eigenvalue weighted by atomic mass is 10.1. The van der Waals surface area contributed by atoms with Gasteiger partial charge in [-0.05, 0) is 23.8 Å². The molecule has 0 unspecified atom stereocenters. The number of methoxy groups -OCH3 is 1. The van der Waals surface area contributed by atoms with Gasteiger partial charge in [0.2, 0.25) is 0 Å². The van der Waals surface area contributed by atoms with Crippen LogP contribution in [0.25, 0.3) is 11.3 Å². The van der Waals surface area contributed by atoms with E-state index in [0.717, 1.165) is 16.8 Å². The Hall–Kier alpha value is -2.95. The maximum atomic E-state index is 5.89. The van der Waals surface area contributed by atoms with E-state index in [-0.39, 0.29) is 0 Å². The largest absolute Gasteiger partial charge is 0.493 e. The van der Waals surface area contributed by atoms with Gasteiger partial charge in [0, 0.05) is 11.6 Å². The number of nitrogens with two attached hydrogens (primary N) is 1. The number of nitrogens with one attached hydrogen (secondary N) is 1. The molecule has 0 aliphatic heterocycles. The lowest BCUT2D eigenvalue weighted by Crippen LogP contribution is -1.98. The van der Waals surface area contributed by atoms with E-state index in [1.54, 1.807) is 13.2 Å². The van der Waals surface area contributed by atoms with Crippen LogP contribution in [0.2, 0.25) is 0 Å². The Morgan fingerprint density at radius 3 is 2.55 bits per heavy atom. The van der Waals surface area contributed by atoms with Gasteiger partial charge in [-0.1, -0.05) is 30.3 Å². The Kier molecular flexibility index (Phi) is 3.96. The van der Waals surface area contributed by atoms with E-state index in [1.807, 2.05) is 48.5 Å². The minimum absolute atomic E-state index is 0.456. The highest BCUT2D eigenvalue weighted by atomic mass is 16.5. The Labute approximate surface area is 128 Å². The molecule has 0 aliphatic rings. The first-order valence-corrected chi connectivity index (χ1v) is 6.92. The number of hydrogen-bond donors (Lipinski definition) is 2. The van der Waals surface area contributed by atoms with E-state index in [4.69, 9.17) is 15.2 Å². The Morgan fingerprint density at radius 1 is 1.05 bits per heavy atom. The highest BCUT2D eigenvalue weighted by Crippen LogP contribution is 2.32. The van der Waals surface area contributed by atoms with Gasteiger partial charge in [-0.2, -0.15) is 5.10 Å². The van der Waals surface area contributed by atoms with Gasteiger partial charge >= 0.3 is 0 Å². The zero-order valence-corrected chi connectivity index (χ0v) is 12.2. The summed E-state index contributed by atoms with van der Waals surface area (Å²) >= 11 is 0. The van der Waals surface area contributed by atoms with Crippen LogP contribution in [0, 0.1) is 0 Å². The zero-order chi connectivity index (χ0) is 15.4. The Balaban J connectivity index is 1.85. The average molecular weight is 295 g/mol. The van der Waals surface area contributed by atoms with Crippen molar-refractivity contribution in [2.45, 2.75) is 6.61 Å².